The van der Waals surface area contributed by atoms with Gasteiger partial charge in [0.25, 0.3) is 5.91 Å². The number of aromatic nitrogens is 5. The van der Waals surface area contributed by atoms with Crippen molar-refractivity contribution in [2.45, 2.75) is 11.9 Å². The Balaban J connectivity index is 1.60. The second kappa shape index (κ2) is 9.65. The maximum atomic E-state index is 13.4. The molecule has 9 nitrogen and oxygen atoms in total. The van der Waals surface area contributed by atoms with Gasteiger partial charge >= 0.3 is 6.18 Å². The molecule has 0 saturated heterocycles. The molecule has 0 unspecified atom stereocenters. The summed E-state index contributed by atoms with van der Waals surface area (Å²) in [6, 6.07) is 12.8. The van der Waals surface area contributed by atoms with Crippen LogP contribution in [0, 0.1) is 0 Å². The van der Waals surface area contributed by atoms with Crippen molar-refractivity contribution in [1.82, 2.24) is 24.5 Å². The van der Waals surface area contributed by atoms with Gasteiger partial charge in [-0.2, -0.15) is 17.5 Å². The van der Waals surface area contributed by atoms with E-state index in [2.05, 4.69) is 19.7 Å². The number of nitrogens with zero attached hydrogens (tertiary/aromatic N) is 6. The van der Waals surface area contributed by atoms with Gasteiger partial charge in [0.2, 0.25) is 0 Å². The van der Waals surface area contributed by atoms with Gasteiger partial charge in [0.15, 0.2) is 5.65 Å². The molecule has 0 spiro atoms. The van der Waals surface area contributed by atoms with Gasteiger partial charge in [-0.15, -0.1) is 5.10 Å². The lowest BCUT2D eigenvalue weighted by atomic mass is 10.1. The summed E-state index contributed by atoms with van der Waals surface area (Å²) in [5.41, 5.74) is 1.98. The number of aryl methyl sites for hydroxylation is 1. The van der Waals surface area contributed by atoms with Crippen LogP contribution < -0.4 is 0 Å². The van der Waals surface area contributed by atoms with Gasteiger partial charge in [0, 0.05) is 36.1 Å². The molecule has 0 radical (unpaired) electrons. The smallest absolute Gasteiger partial charge is 0.395 e. The average Bonchev–Trinajstić information content (AvgIpc) is 3.41. The number of aliphatic hydroxyl groups is 1. The molecule has 3 aromatic heterocycles. The van der Waals surface area contributed by atoms with Crippen LogP contribution in [0.5, 0.6) is 0 Å². The predicted molar refractivity (Wildman–Crippen MR) is 135 cm³/mol. The zero-order valence-electron chi connectivity index (χ0n) is 20.0. The highest BCUT2D eigenvalue weighted by molar-refractivity contribution is 7.93. The third kappa shape index (κ3) is 4.77. The topological polar surface area (TPSA) is 115 Å². The minimum atomic E-state index is -4.47. The van der Waals surface area contributed by atoms with Crippen LogP contribution in [0.2, 0.25) is 0 Å². The first-order valence-electron chi connectivity index (χ1n) is 11.4. The van der Waals surface area contributed by atoms with Crippen LogP contribution in [0.15, 0.2) is 71.4 Å². The number of hydrogen-bond acceptors (Lipinski definition) is 6. The zero-order valence-corrected chi connectivity index (χ0v) is 20.8. The number of carbonyl (C=O) groups is 1. The molecule has 2 aromatic carbocycles. The largest absolute Gasteiger partial charge is 0.416 e. The highest BCUT2D eigenvalue weighted by Crippen LogP contribution is 2.34. The fraction of sp³-hybridized carbons (Fsp3) is 0.200. The molecule has 1 atom stereocenters. The molecule has 196 valence electrons. The second-order valence-corrected chi connectivity index (χ2v) is 11.0. The first-order valence-corrected chi connectivity index (χ1v) is 13.2. The fourth-order valence-corrected chi connectivity index (χ4v) is 5.93. The normalized spacial score (nSPS) is 13.6. The van der Waals surface area contributed by atoms with Gasteiger partial charge in [-0.05, 0) is 54.1 Å². The molecule has 1 amide bonds. The van der Waals surface area contributed by atoms with Gasteiger partial charge in [-0.3, -0.25) is 14.3 Å². The van der Waals surface area contributed by atoms with Crippen molar-refractivity contribution in [1.29, 1.82) is 0 Å². The van der Waals surface area contributed by atoms with Crippen LogP contribution in [-0.2, 0) is 28.7 Å². The van der Waals surface area contributed by atoms with Crippen LogP contribution in [-0.4, -0.2) is 52.1 Å². The summed E-state index contributed by atoms with van der Waals surface area (Å²) < 4.78 is 59.9. The molecule has 38 heavy (non-hydrogen) atoms. The molecule has 0 bridgehead atoms. The molecule has 0 aliphatic carbocycles. The molecule has 0 saturated carbocycles. The quantitative estimate of drug-likeness (QED) is 0.345. The number of pyridine rings is 1. The van der Waals surface area contributed by atoms with Gasteiger partial charge in [-0.1, -0.05) is 11.3 Å². The highest BCUT2D eigenvalue weighted by atomic mass is 32.2. The number of halogens is 3. The Hall–Kier alpha value is -4.10. The van der Waals surface area contributed by atoms with Crippen molar-refractivity contribution < 1.29 is 27.3 Å². The van der Waals surface area contributed by atoms with E-state index in [1.165, 1.54) is 29.1 Å². The molecule has 5 rings (SSSR count). The molecule has 0 fully saturated rings. The summed E-state index contributed by atoms with van der Waals surface area (Å²) in [7, 11) is -1.48. The molecule has 0 aliphatic heterocycles. The third-order valence-corrected chi connectivity index (χ3v) is 8.08. The average molecular weight is 543 g/mol. The molecule has 13 heteroatoms. The Kier molecular flexibility index (Phi) is 6.49. The summed E-state index contributed by atoms with van der Waals surface area (Å²) in [6.45, 7) is -0.412. The summed E-state index contributed by atoms with van der Waals surface area (Å²) in [5.74, 6) is -0.962. The van der Waals surface area contributed by atoms with E-state index in [4.69, 9.17) is 0 Å². The Labute approximate surface area is 214 Å². The van der Waals surface area contributed by atoms with Crippen LogP contribution >= 0.6 is 0 Å². The number of carbonyl (C=O) groups excluding carboxylic acids is 1. The van der Waals surface area contributed by atoms with Crippen molar-refractivity contribution in [2.24, 2.45) is 11.4 Å². The van der Waals surface area contributed by atoms with E-state index in [1.807, 2.05) is 0 Å². The number of alkyl halides is 3. The standard InChI is InChI=1S/C25H21F3N6O3S/c1-33-24-22(30-32-33)20-13-17(23(36)31-38(37,12-11-35)15-16-3-2-10-29-14-16)4-9-21(20)34(24)19-7-5-18(6-8-19)25(26,27)28/h2-10,13-14,35H,11-12,15H2,1H3/t38-/m0/s1. The Bertz CT molecular complexity index is 1770. The van der Waals surface area contributed by atoms with Gasteiger partial charge in [0.05, 0.1) is 38.9 Å². The van der Waals surface area contributed by atoms with E-state index in [0.717, 1.165) is 12.1 Å². The van der Waals surface area contributed by atoms with Crippen molar-refractivity contribution >= 4 is 37.7 Å². The molecule has 1 N–H and O–H groups in total. The van der Waals surface area contributed by atoms with E-state index in [-0.39, 0.29) is 17.1 Å². The Morgan fingerprint density at radius 3 is 2.55 bits per heavy atom. The van der Waals surface area contributed by atoms with E-state index in [0.29, 0.717) is 33.3 Å². The molecule has 5 aromatic rings. The summed E-state index contributed by atoms with van der Waals surface area (Å²) in [5, 5.41) is 18.2. The summed E-state index contributed by atoms with van der Waals surface area (Å²) in [4.78, 5) is 17.1. The number of aliphatic hydroxyl groups excluding tert-OH is 1. The van der Waals surface area contributed by atoms with E-state index in [9.17, 15) is 27.3 Å². The van der Waals surface area contributed by atoms with E-state index in [1.54, 1.807) is 42.1 Å². The minimum absolute atomic E-state index is 0.0475. The number of fused-ring (bicyclic) bond motifs is 3. The lowest BCUT2D eigenvalue weighted by molar-refractivity contribution is -0.137. The molecule has 3 heterocycles. The molecular formula is C25H21F3N6O3S. The fourth-order valence-electron chi connectivity index (χ4n) is 4.25. The lowest BCUT2D eigenvalue weighted by Crippen LogP contribution is -2.15. The maximum absolute atomic E-state index is 13.4. The Morgan fingerprint density at radius 1 is 1.13 bits per heavy atom. The van der Waals surface area contributed by atoms with Crippen LogP contribution in [0.1, 0.15) is 21.5 Å². The first-order chi connectivity index (χ1) is 18.1. The van der Waals surface area contributed by atoms with Gasteiger partial charge < -0.3 is 5.11 Å². The van der Waals surface area contributed by atoms with Gasteiger partial charge in [0.1, 0.15) is 5.52 Å². The summed E-state index contributed by atoms with van der Waals surface area (Å²) >= 11 is 0. The van der Waals surface area contributed by atoms with Crippen molar-refractivity contribution in [3.05, 3.63) is 83.7 Å². The SMILES string of the molecule is Cn1nnc2c3cc(C(=O)N=[S@](=O)(CCO)Cc4cccnc4)ccc3n(-c3ccc(C(F)(F)F)cc3)c21. The third-order valence-electron chi connectivity index (χ3n) is 5.98. The summed E-state index contributed by atoms with van der Waals surface area (Å²) in [6.07, 6.45) is -1.37. The van der Waals surface area contributed by atoms with E-state index >= 15 is 0 Å². The molecule has 0 aliphatic rings. The number of rotatable bonds is 6. The minimum Gasteiger partial charge on any atom is -0.395 e. The zero-order chi connectivity index (χ0) is 27.1. The number of benzene rings is 2. The van der Waals surface area contributed by atoms with E-state index < -0.39 is 34.0 Å². The molecular weight excluding hydrogens is 521 g/mol. The first kappa shape index (κ1) is 25.5. The van der Waals surface area contributed by atoms with Crippen molar-refractivity contribution in [3.8, 4) is 5.69 Å². The van der Waals surface area contributed by atoms with Gasteiger partial charge in [-0.25, -0.2) is 8.89 Å². The monoisotopic (exact) mass is 542 g/mol. The second-order valence-electron chi connectivity index (χ2n) is 8.60. The highest BCUT2D eigenvalue weighted by Gasteiger charge is 2.30. The van der Waals surface area contributed by atoms with Crippen molar-refractivity contribution in [3.63, 3.8) is 0 Å². The maximum Gasteiger partial charge on any atom is 0.416 e. The Morgan fingerprint density at radius 2 is 1.89 bits per heavy atom. The number of amides is 1. The predicted octanol–water partition coefficient (Wildman–Crippen LogP) is 4.13. The number of hydrogen-bond donors (Lipinski definition) is 1. The van der Waals surface area contributed by atoms with Crippen LogP contribution in [0.25, 0.3) is 27.8 Å². The van der Waals surface area contributed by atoms with Crippen LogP contribution in [0.4, 0.5) is 13.2 Å². The van der Waals surface area contributed by atoms with Crippen molar-refractivity contribution in [2.75, 3.05) is 12.4 Å². The van der Waals surface area contributed by atoms with Crippen LogP contribution in [0.3, 0.4) is 0 Å². The lowest BCUT2D eigenvalue weighted by Gasteiger charge is -2.11.